The molecule has 2 aromatic rings. The van der Waals surface area contributed by atoms with Gasteiger partial charge in [-0.15, -0.1) is 0 Å². The van der Waals surface area contributed by atoms with Gasteiger partial charge in [-0.2, -0.15) is 0 Å². The molecule has 1 amide bonds. The molecule has 7 nitrogen and oxygen atoms in total. The normalized spacial score (nSPS) is 17.4. The molecular weight excluding hydrogens is 356 g/mol. The summed E-state index contributed by atoms with van der Waals surface area (Å²) in [6, 6.07) is 5.41. The molecule has 1 aliphatic rings. The number of rotatable bonds is 4. The van der Waals surface area contributed by atoms with Crippen molar-refractivity contribution in [2.75, 3.05) is 19.6 Å². The number of nitrogens with zero attached hydrogens (tertiary/aromatic N) is 2. The van der Waals surface area contributed by atoms with Crippen LogP contribution in [0.4, 0.5) is 4.79 Å². The van der Waals surface area contributed by atoms with Crippen molar-refractivity contribution in [3.05, 3.63) is 40.3 Å². The van der Waals surface area contributed by atoms with Gasteiger partial charge in [0.2, 0.25) is 5.56 Å². The van der Waals surface area contributed by atoms with Crippen molar-refractivity contribution in [2.24, 2.45) is 0 Å². The van der Waals surface area contributed by atoms with Crippen LogP contribution in [0.15, 0.2) is 29.2 Å². The maximum absolute atomic E-state index is 11.9. The van der Waals surface area contributed by atoms with Crippen LogP contribution in [0.1, 0.15) is 52.0 Å². The lowest BCUT2D eigenvalue weighted by Gasteiger charge is -2.34. The van der Waals surface area contributed by atoms with E-state index in [4.69, 9.17) is 4.74 Å². The summed E-state index contributed by atoms with van der Waals surface area (Å²) < 4.78 is 5.34. The van der Waals surface area contributed by atoms with Gasteiger partial charge in [-0.25, -0.2) is 4.79 Å². The molecule has 7 heteroatoms. The van der Waals surface area contributed by atoms with E-state index in [0.29, 0.717) is 0 Å². The summed E-state index contributed by atoms with van der Waals surface area (Å²) in [6.45, 7) is 10.5. The molecule has 0 aliphatic carbocycles. The molecule has 3 rings (SSSR count). The third-order valence-corrected chi connectivity index (χ3v) is 5.02. The first-order chi connectivity index (χ1) is 13.2. The van der Waals surface area contributed by atoms with Crippen LogP contribution in [0.5, 0.6) is 0 Å². The maximum atomic E-state index is 11.9. The van der Waals surface area contributed by atoms with E-state index in [9.17, 15) is 9.59 Å². The predicted molar refractivity (Wildman–Crippen MR) is 110 cm³/mol. The highest BCUT2D eigenvalue weighted by molar-refractivity contribution is 5.77. The van der Waals surface area contributed by atoms with E-state index in [0.717, 1.165) is 49.1 Å². The molecule has 152 valence electrons. The fraction of sp³-hybridized carbons (Fsp3) is 0.571. The average molecular weight is 386 g/mol. The molecule has 2 aromatic heterocycles. The molecule has 1 saturated heterocycles. The van der Waals surface area contributed by atoms with Crippen LogP contribution in [0, 0.1) is 0 Å². The van der Waals surface area contributed by atoms with E-state index < -0.39 is 5.60 Å². The minimum Gasteiger partial charge on any atom is -0.444 e. The summed E-state index contributed by atoms with van der Waals surface area (Å²) in [5.41, 5.74) is 2.15. The number of likely N-dealkylation sites (tertiary alicyclic amines) is 1. The van der Waals surface area contributed by atoms with E-state index in [1.165, 1.54) is 6.07 Å². The zero-order valence-electron chi connectivity index (χ0n) is 17.1. The highest BCUT2D eigenvalue weighted by Gasteiger charge is 2.25. The Morgan fingerprint density at radius 2 is 2.04 bits per heavy atom. The predicted octanol–water partition coefficient (Wildman–Crippen LogP) is 3.02. The molecule has 28 heavy (non-hydrogen) atoms. The van der Waals surface area contributed by atoms with Crippen molar-refractivity contribution in [3.8, 4) is 0 Å². The molecular formula is C21H30N4O3. The molecule has 0 bridgehead atoms. The fourth-order valence-corrected chi connectivity index (χ4v) is 3.71. The quantitative estimate of drug-likeness (QED) is 0.843. The van der Waals surface area contributed by atoms with Crippen LogP contribution in [-0.4, -0.2) is 52.2 Å². The number of hydrogen-bond acceptors (Lipinski definition) is 5. The molecule has 2 N–H and O–H groups in total. The number of carbonyl (C=O) groups excluding carboxylic acids is 1. The minimum absolute atomic E-state index is 0.108. The highest BCUT2D eigenvalue weighted by Crippen LogP contribution is 2.24. The summed E-state index contributed by atoms with van der Waals surface area (Å²) >= 11 is 0. The molecule has 0 aromatic carbocycles. The summed E-state index contributed by atoms with van der Waals surface area (Å²) in [6.07, 6.45) is 3.26. The average Bonchev–Trinajstić information content (AvgIpc) is 2.61. The van der Waals surface area contributed by atoms with E-state index >= 15 is 0 Å². The van der Waals surface area contributed by atoms with Gasteiger partial charge in [0.05, 0.1) is 11.0 Å². The van der Waals surface area contributed by atoms with Crippen LogP contribution in [0.3, 0.4) is 0 Å². The van der Waals surface area contributed by atoms with E-state index in [-0.39, 0.29) is 23.6 Å². The van der Waals surface area contributed by atoms with Gasteiger partial charge in [-0.3, -0.25) is 9.78 Å². The van der Waals surface area contributed by atoms with Gasteiger partial charge in [0.25, 0.3) is 0 Å². The number of aromatic amines is 1. The lowest BCUT2D eigenvalue weighted by Crippen LogP contribution is -2.46. The maximum Gasteiger partial charge on any atom is 0.407 e. The van der Waals surface area contributed by atoms with Gasteiger partial charge < -0.3 is 19.9 Å². The van der Waals surface area contributed by atoms with Crippen LogP contribution < -0.4 is 10.9 Å². The number of fused-ring (bicyclic) bond motifs is 1. The van der Waals surface area contributed by atoms with Gasteiger partial charge >= 0.3 is 6.09 Å². The van der Waals surface area contributed by atoms with Crippen LogP contribution in [0.25, 0.3) is 11.0 Å². The SMILES string of the molecule is CC(CN1CCC(NC(=O)OC(C)(C)C)CC1)c1ccnc2ccc(=O)[nH]c12. The van der Waals surface area contributed by atoms with Crippen molar-refractivity contribution in [1.29, 1.82) is 0 Å². The van der Waals surface area contributed by atoms with Gasteiger partial charge in [0.1, 0.15) is 5.60 Å². The molecule has 0 radical (unpaired) electrons. The first-order valence-corrected chi connectivity index (χ1v) is 9.91. The number of amides is 1. The first-order valence-electron chi connectivity index (χ1n) is 9.91. The highest BCUT2D eigenvalue weighted by atomic mass is 16.6. The van der Waals surface area contributed by atoms with Crippen LogP contribution in [0.2, 0.25) is 0 Å². The third kappa shape index (κ3) is 5.32. The summed E-state index contributed by atoms with van der Waals surface area (Å²) in [5, 5.41) is 2.98. The molecule has 3 heterocycles. The van der Waals surface area contributed by atoms with Gasteiger partial charge in [-0.1, -0.05) is 6.92 Å². The van der Waals surface area contributed by atoms with Crippen LogP contribution in [-0.2, 0) is 4.74 Å². The lowest BCUT2D eigenvalue weighted by molar-refractivity contribution is 0.0478. The number of ether oxygens (including phenoxy) is 1. The summed E-state index contributed by atoms with van der Waals surface area (Å²) in [7, 11) is 0. The Morgan fingerprint density at radius 1 is 1.32 bits per heavy atom. The van der Waals surface area contributed by atoms with Crippen molar-refractivity contribution >= 4 is 17.1 Å². The van der Waals surface area contributed by atoms with Crippen LogP contribution >= 0.6 is 0 Å². The number of H-pyrrole nitrogens is 1. The zero-order chi connectivity index (χ0) is 20.3. The molecule has 1 aliphatic heterocycles. The van der Waals surface area contributed by atoms with E-state index in [1.807, 2.05) is 26.8 Å². The van der Waals surface area contributed by atoms with Crippen molar-refractivity contribution in [1.82, 2.24) is 20.2 Å². The molecule has 0 saturated carbocycles. The largest absolute Gasteiger partial charge is 0.444 e. The zero-order valence-corrected chi connectivity index (χ0v) is 17.1. The monoisotopic (exact) mass is 386 g/mol. The van der Waals surface area contributed by atoms with E-state index in [1.54, 1.807) is 12.3 Å². The number of piperidine rings is 1. The Hall–Kier alpha value is -2.41. The lowest BCUT2D eigenvalue weighted by atomic mass is 9.97. The Morgan fingerprint density at radius 3 is 2.71 bits per heavy atom. The van der Waals surface area contributed by atoms with Gasteiger partial charge in [-0.05, 0) is 57.2 Å². The Kier molecular flexibility index (Phi) is 6.03. The molecule has 1 unspecified atom stereocenters. The third-order valence-electron chi connectivity index (χ3n) is 5.02. The number of alkyl carbamates (subject to hydrolysis) is 1. The second-order valence-corrected chi connectivity index (χ2v) is 8.61. The molecule has 0 spiro atoms. The summed E-state index contributed by atoms with van der Waals surface area (Å²) in [5.74, 6) is 0.263. The Labute approximate surface area is 165 Å². The van der Waals surface area contributed by atoms with Crippen molar-refractivity contribution < 1.29 is 9.53 Å². The van der Waals surface area contributed by atoms with E-state index in [2.05, 4.69) is 27.1 Å². The smallest absolute Gasteiger partial charge is 0.407 e. The Bertz CT molecular complexity index is 879. The molecule has 1 atom stereocenters. The number of nitrogens with one attached hydrogen (secondary N) is 2. The standard InChI is InChI=1S/C21H30N4O3/c1-14(16-7-10-22-17-5-6-18(26)24-19(16)17)13-25-11-8-15(9-12-25)23-20(27)28-21(2,3)4/h5-7,10,14-15H,8-9,11-13H2,1-4H3,(H,23,27)(H,24,26). The fourth-order valence-electron chi connectivity index (χ4n) is 3.71. The first kappa shape index (κ1) is 20.3. The second-order valence-electron chi connectivity index (χ2n) is 8.61. The molecule has 1 fully saturated rings. The van der Waals surface area contributed by atoms with Crippen molar-refractivity contribution in [2.45, 2.75) is 58.1 Å². The number of pyridine rings is 2. The Balaban J connectivity index is 1.56. The number of hydrogen-bond donors (Lipinski definition) is 2. The van der Waals surface area contributed by atoms with Gasteiger partial charge in [0.15, 0.2) is 0 Å². The number of aromatic nitrogens is 2. The topological polar surface area (TPSA) is 87.3 Å². The minimum atomic E-state index is -0.478. The number of carbonyl (C=O) groups is 1. The van der Waals surface area contributed by atoms with Crippen molar-refractivity contribution in [3.63, 3.8) is 0 Å². The second kappa shape index (κ2) is 8.31. The summed E-state index contributed by atoms with van der Waals surface area (Å²) in [4.78, 5) is 33.3. The van der Waals surface area contributed by atoms with Gasteiger partial charge in [0, 0.05) is 37.9 Å².